The number of ether oxygens (including phenoxy) is 1. The van der Waals surface area contributed by atoms with Crippen LogP contribution in [0.2, 0.25) is 0 Å². The van der Waals surface area contributed by atoms with Gasteiger partial charge in [0, 0.05) is 17.0 Å². The quantitative estimate of drug-likeness (QED) is 0.655. The first kappa shape index (κ1) is 13.9. The van der Waals surface area contributed by atoms with Crippen LogP contribution in [-0.2, 0) is 6.42 Å². The van der Waals surface area contributed by atoms with E-state index < -0.39 is 5.82 Å². The van der Waals surface area contributed by atoms with Gasteiger partial charge in [0.15, 0.2) is 11.6 Å². The van der Waals surface area contributed by atoms with Crippen LogP contribution in [-0.4, -0.2) is 11.7 Å². The summed E-state index contributed by atoms with van der Waals surface area (Å²) in [6.45, 7) is 2.63. The van der Waals surface area contributed by atoms with Crippen molar-refractivity contribution in [3.8, 4) is 22.8 Å². The first-order chi connectivity index (χ1) is 11.1. The molecule has 0 atom stereocenters. The minimum absolute atomic E-state index is 0.368. The molecule has 4 rings (SSSR count). The molecule has 1 N–H and O–H groups in total. The molecular formula is C19H15FO3. The molecule has 0 saturated carbocycles. The Balaban J connectivity index is 1.80. The van der Waals surface area contributed by atoms with Crippen molar-refractivity contribution in [3.05, 3.63) is 59.4 Å². The SMILES string of the molecule is CC1=CCc2cc3cc(-c4ccc(O)c(F)c4)oc3cc2OC1. The second-order valence-electron chi connectivity index (χ2n) is 5.82. The molecule has 1 aliphatic rings. The second kappa shape index (κ2) is 5.16. The molecule has 4 heteroatoms. The Morgan fingerprint density at radius 3 is 2.83 bits per heavy atom. The topological polar surface area (TPSA) is 42.6 Å². The molecule has 2 heterocycles. The number of benzene rings is 2. The molecule has 3 aromatic rings. The third-order valence-electron chi connectivity index (χ3n) is 4.06. The Hall–Kier alpha value is -2.75. The molecule has 0 spiro atoms. The van der Waals surface area contributed by atoms with Crippen molar-refractivity contribution in [1.82, 2.24) is 0 Å². The van der Waals surface area contributed by atoms with E-state index in [0.29, 0.717) is 23.5 Å². The van der Waals surface area contributed by atoms with Crippen molar-refractivity contribution < 1.29 is 18.7 Å². The Morgan fingerprint density at radius 1 is 1.13 bits per heavy atom. The van der Waals surface area contributed by atoms with Gasteiger partial charge in [-0.05, 0) is 54.8 Å². The predicted molar refractivity (Wildman–Crippen MR) is 86.2 cm³/mol. The minimum Gasteiger partial charge on any atom is -0.505 e. The standard InChI is InChI=1S/C19H15FO3/c1-11-2-3-12-6-14-8-18(13-4-5-16(21)15(20)7-13)23-19(14)9-17(12)22-10-11/h2,4-9,21H,3,10H2,1H3. The van der Waals surface area contributed by atoms with Crippen LogP contribution in [0.5, 0.6) is 11.5 Å². The lowest BCUT2D eigenvalue weighted by molar-refractivity contribution is 0.352. The van der Waals surface area contributed by atoms with Gasteiger partial charge in [-0.3, -0.25) is 0 Å². The number of hydrogen-bond donors (Lipinski definition) is 1. The Labute approximate surface area is 132 Å². The molecule has 2 aromatic carbocycles. The van der Waals surface area contributed by atoms with Crippen LogP contribution in [0, 0.1) is 5.82 Å². The van der Waals surface area contributed by atoms with E-state index in [0.717, 1.165) is 23.1 Å². The van der Waals surface area contributed by atoms with Crippen LogP contribution >= 0.6 is 0 Å². The lowest BCUT2D eigenvalue weighted by atomic mass is 10.1. The molecule has 0 unspecified atom stereocenters. The molecular weight excluding hydrogens is 295 g/mol. The molecule has 1 aromatic heterocycles. The van der Waals surface area contributed by atoms with Crippen LogP contribution in [0.4, 0.5) is 4.39 Å². The van der Waals surface area contributed by atoms with Gasteiger partial charge < -0.3 is 14.3 Å². The second-order valence-corrected chi connectivity index (χ2v) is 5.82. The molecule has 116 valence electrons. The molecule has 0 fully saturated rings. The van der Waals surface area contributed by atoms with Gasteiger partial charge in [-0.25, -0.2) is 4.39 Å². The summed E-state index contributed by atoms with van der Waals surface area (Å²) in [5, 5.41) is 10.2. The first-order valence-corrected chi connectivity index (χ1v) is 7.44. The van der Waals surface area contributed by atoms with Crippen LogP contribution in [0.3, 0.4) is 0 Å². The number of hydrogen-bond acceptors (Lipinski definition) is 3. The number of furan rings is 1. The zero-order chi connectivity index (χ0) is 16.0. The van der Waals surface area contributed by atoms with Gasteiger partial charge in [0.05, 0.1) is 0 Å². The van der Waals surface area contributed by atoms with Crippen molar-refractivity contribution in [2.75, 3.05) is 6.61 Å². The van der Waals surface area contributed by atoms with Gasteiger partial charge >= 0.3 is 0 Å². The summed E-state index contributed by atoms with van der Waals surface area (Å²) >= 11 is 0. The van der Waals surface area contributed by atoms with Gasteiger partial charge in [0.1, 0.15) is 23.7 Å². The maximum atomic E-state index is 13.5. The molecule has 0 aliphatic carbocycles. The molecule has 0 amide bonds. The fraction of sp³-hybridized carbons (Fsp3) is 0.158. The van der Waals surface area contributed by atoms with Gasteiger partial charge in [0.2, 0.25) is 0 Å². The summed E-state index contributed by atoms with van der Waals surface area (Å²) < 4.78 is 25.2. The first-order valence-electron chi connectivity index (χ1n) is 7.44. The van der Waals surface area contributed by atoms with E-state index in [1.54, 1.807) is 6.07 Å². The summed E-state index contributed by atoms with van der Waals surface area (Å²) in [6.07, 6.45) is 2.99. The lowest BCUT2D eigenvalue weighted by Crippen LogP contribution is -1.97. The van der Waals surface area contributed by atoms with Crippen molar-refractivity contribution in [1.29, 1.82) is 0 Å². The average molecular weight is 310 g/mol. The Morgan fingerprint density at radius 2 is 2.00 bits per heavy atom. The fourth-order valence-corrected chi connectivity index (χ4v) is 2.75. The number of phenolic OH excluding ortho intramolecular Hbond substituents is 1. The van der Waals surface area contributed by atoms with Crippen LogP contribution in [0.1, 0.15) is 12.5 Å². The van der Waals surface area contributed by atoms with Gasteiger partial charge in [-0.2, -0.15) is 0 Å². The maximum Gasteiger partial charge on any atom is 0.165 e. The average Bonchev–Trinajstić information content (AvgIpc) is 2.86. The molecule has 0 radical (unpaired) electrons. The summed E-state index contributed by atoms with van der Waals surface area (Å²) in [5.41, 5.74) is 3.60. The number of fused-ring (bicyclic) bond motifs is 2. The van der Waals surface area contributed by atoms with Crippen molar-refractivity contribution in [3.63, 3.8) is 0 Å². The predicted octanol–water partition coefficient (Wildman–Crippen LogP) is 4.83. The number of allylic oxidation sites excluding steroid dienone is 1. The highest BCUT2D eigenvalue weighted by Crippen LogP contribution is 2.35. The number of rotatable bonds is 1. The van der Waals surface area contributed by atoms with Crippen LogP contribution in [0.25, 0.3) is 22.3 Å². The van der Waals surface area contributed by atoms with E-state index in [9.17, 15) is 9.50 Å². The van der Waals surface area contributed by atoms with Gasteiger partial charge in [0.25, 0.3) is 0 Å². The third kappa shape index (κ3) is 2.46. The smallest absolute Gasteiger partial charge is 0.165 e. The van der Waals surface area contributed by atoms with Gasteiger partial charge in [-0.15, -0.1) is 0 Å². The maximum absolute atomic E-state index is 13.5. The van der Waals surface area contributed by atoms with E-state index in [-0.39, 0.29) is 5.75 Å². The number of aromatic hydroxyl groups is 1. The third-order valence-corrected chi connectivity index (χ3v) is 4.06. The number of phenols is 1. The van der Waals surface area contributed by atoms with E-state index in [2.05, 4.69) is 6.08 Å². The molecule has 0 saturated heterocycles. The summed E-state index contributed by atoms with van der Waals surface area (Å²) in [6, 6.07) is 10.0. The van der Waals surface area contributed by atoms with E-state index in [1.807, 2.05) is 25.1 Å². The molecule has 3 nitrogen and oxygen atoms in total. The normalized spacial score (nSPS) is 14.1. The molecule has 1 aliphatic heterocycles. The van der Waals surface area contributed by atoms with E-state index >= 15 is 0 Å². The van der Waals surface area contributed by atoms with Crippen molar-refractivity contribution in [2.24, 2.45) is 0 Å². The Kier molecular flexibility index (Phi) is 3.11. The van der Waals surface area contributed by atoms with Crippen molar-refractivity contribution >= 4 is 11.0 Å². The lowest BCUT2D eigenvalue weighted by Gasteiger charge is -2.06. The highest BCUT2D eigenvalue weighted by Gasteiger charge is 2.14. The fourth-order valence-electron chi connectivity index (χ4n) is 2.75. The van der Waals surface area contributed by atoms with E-state index in [1.165, 1.54) is 17.7 Å². The van der Waals surface area contributed by atoms with Crippen LogP contribution < -0.4 is 4.74 Å². The van der Waals surface area contributed by atoms with Crippen molar-refractivity contribution in [2.45, 2.75) is 13.3 Å². The number of halogens is 1. The minimum atomic E-state index is -0.664. The zero-order valence-electron chi connectivity index (χ0n) is 12.6. The zero-order valence-corrected chi connectivity index (χ0v) is 12.6. The highest BCUT2D eigenvalue weighted by atomic mass is 19.1. The highest BCUT2D eigenvalue weighted by molar-refractivity contribution is 5.85. The largest absolute Gasteiger partial charge is 0.505 e. The summed E-state index contributed by atoms with van der Waals surface area (Å²) in [4.78, 5) is 0. The summed E-state index contributed by atoms with van der Waals surface area (Å²) in [7, 11) is 0. The molecule has 23 heavy (non-hydrogen) atoms. The van der Waals surface area contributed by atoms with Crippen LogP contribution in [0.15, 0.2) is 52.5 Å². The van der Waals surface area contributed by atoms with E-state index in [4.69, 9.17) is 9.15 Å². The monoisotopic (exact) mass is 310 g/mol. The Bertz CT molecular complexity index is 937. The molecule has 0 bridgehead atoms. The van der Waals surface area contributed by atoms with Gasteiger partial charge in [-0.1, -0.05) is 6.08 Å². The summed E-state index contributed by atoms with van der Waals surface area (Å²) in [5.74, 6) is 0.351.